The molecule has 11 heavy (non-hydrogen) atoms. The third-order valence-corrected chi connectivity index (χ3v) is 4.15. The number of aliphatic hydroxyl groups excluding tert-OH is 1. The highest BCUT2D eigenvalue weighted by Gasteiger charge is 2.41. The second kappa shape index (κ2) is 2.90. The van der Waals surface area contributed by atoms with Crippen LogP contribution in [-0.4, -0.2) is 21.3 Å². The molecule has 0 amide bonds. The Morgan fingerprint density at radius 2 is 2.27 bits per heavy atom. The van der Waals surface area contributed by atoms with Crippen molar-refractivity contribution in [2.45, 2.75) is 30.5 Å². The number of esters is 1. The number of cyclic esters (lactones) is 1. The van der Waals surface area contributed by atoms with Crippen molar-refractivity contribution in [3.05, 3.63) is 0 Å². The normalized spacial score (nSPS) is 36.5. The maximum absolute atomic E-state index is 10.8. The molecule has 1 aliphatic rings. The molecule has 4 heteroatoms. The molecule has 1 aliphatic heterocycles. The van der Waals surface area contributed by atoms with Gasteiger partial charge in [-0.1, -0.05) is 36.4 Å². The van der Waals surface area contributed by atoms with Crippen LogP contribution in [0.1, 0.15) is 20.3 Å². The zero-order chi connectivity index (χ0) is 8.65. The van der Waals surface area contributed by atoms with E-state index in [4.69, 9.17) is 0 Å². The van der Waals surface area contributed by atoms with E-state index >= 15 is 0 Å². The lowest BCUT2D eigenvalue weighted by molar-refractivity contribution is -0.183. The maximum Gasteiger partial charge on any atom is 0.308 e. The Balaban J connectivity index is 2.75. The quantitative estimate of drug-likeness (QED) is 0.407. The summed E-state index contributed by atoms with van der Waals surface area (Å²) in [6.07, 6.45) is -0.552. The van der Waals surface area contributed by atoms with Gasteiger partial charge in [-0.05, 0) is 5.41 Å². The van der Waals surface area contributed by atoms with Crippen LogP contribution in [0.2, 0.25) is 0 Å². The minimum Gasteiger partial charge on any atom is -0.435 e. The monoisotopic (exact) mass is 270 g/mol. The van der Waals surface area contributed by atoms with Gasteiger partial charge < -0.3 is 9.84 Å². The van der Waals surface area contributed by atoms with E-state index < -0.39 is 6.29 Å². The van der Waals surface area contributed by atoms with Crippen molar-refractivity contribution in [3.8, 4) is 0 Å². The summed E-state index contributed by atoms with van der Waals surface area (Å²) in [5, 5.41) is 9.23. The summed E-state index contributed by atoms with van der Waals surface area (Å²) in [6.45, 7) is 3.90. The standard InChI is InChI=1S/C7H11IO3/c1-7(2)3-4(9)11-6(10)5(7)8/h5-6,10H,3H2,1-2H3. The fraction of sp³-hybridized carbons (Fsp3) is 0.857. The summed E-state index contributed by atoms with van der Waals surface area (Å²) in [7, 11) is 0. The molecule has 1 saturated heterocycles. The summed E-state index contributed by atoms with van der Waals surface area (Å²) in [4.78, 5) is 10.8. The average molecular weight is 270 g/mol. The van der Waals surface area contributed by atoms with E-state index in [9.17, 15) is 9.90 Å². The van der Waals surface area contributed by atoms with Gasteiger partial charge in [-0.3, -0.25) is 4.79 Å². The van der Waals surface area contributed by atoms with Gasteiger partial charge in [-0.25, -0.2) is 0 Å². The van der Waals surface area contributed by atoms with Crippen molar-refractivity contribution >= 4 is 28.6 Å². The molecular formula is C7H11IO3. The Labute approximate surface area is 79.3 Å². The third kappa shape index (κ3) is 1.84. The lowest BCUT2D eigenvalue weighted by Crippen LogP contribution is -2.44. The molecule has 1 heterocycles. The first kappa shape index (κ1) is 9.25. The highest BCUT2D eigenvalue weighted by atomic mass is 127. The fourth-order valence-corrected chi connectivity index (χ4v) is 1.46. The van der Waals surface area contributed by atoms with Crippen molar-refractivity contribution in [3.63, 3.8) is 0 Å². The average Bonchev–Trinajstić information content (AvgIpc) is 1.81. The molecule has 2 unspecified atom stereocenters. The molecular weight excluding hydrogens is 259 g/mol. The zero-order valence-corrected chi connectivity index (χ0v) is 8.66. The summed E-state index contributed by atoms with van der Waals surface area (Å²) in [5.74, 6) is -0.310. The van der Waals surface area contributed by atoms with Crippen LogP contribution in [0, 0.1) is 5.41 Å². The summed E-state index contributed by atoms with van der Waals surface area (Å²) < 4.78 is 4.63. The van der Waals surface area contributed by atoms with Crippen molar-refractivity contribution in [1.82, 2.24) is 0 Å². The van der Waals surface area contributed by atoms with Crippen LogP contribution >= 0.6 is 22.6 Å². The molecule has 0 radical (unpaired) electrons. The van der Waals surface area contributed by atoms with E-state index in [1.807, 2.05) is 13.8 Å². The fourth-order valence-electron chi connectivity index (χ4n) is 1.09. The Kier molecular flexibility index (Phi) is 2.43. The van der Waals surface area contributed by atoms with Crippen molar-refractivity contribution in [2.24, 2.45) is 5.41 Å². The molecule has 0 aliphatic carbocycles. The van der Waals surface area contributed by atoms with Gasteiger partial charge >= 0.3 is 5.97 Å². The van der Waals surface area contributed by atoms with Crippen LogP contribution < -0.4 is 0 Å². The first-order chi connectivity index (χ1) is 4.93. The molecule has 0 aromatic carbocycles. The van der Waals surface area contributed by atoms with Gasteiger partial charge in [0, 0.05) is 0 Å². The van der Waals surface area contributed by atoms with E-state index in [0.717, 1.165) is 0 Å². The summed E-state index contributed by atoms with van der Waals surface area (Å²) >= 11 is 2.11. The van der Waals surface area contributed by atoms with Gasteiger partial charge in [0.15, 0.2) is 0 Å². The number of ether oxygens (including phenoxy) is 1. The molecule has 0 bridgehead atoms. The third-order valence-electron chi connectivity index (χ3n) is 1.85. The van der Waals surface area contributed by atoms with E-state index in [-0.39, 0.29) is 15.3 Å². The Morgan fingerprint density at radius 1 is 1.73 bits per heavy atom. The van der Waals surface area contributed by atoms with Gasteiger partial charge in [0.1, 0.15) is 0 Å². The minimum atomic E-state index is -0.938. The number of rotatable bonds is 0. The molecule has 2 atom stereocenters. The molecule has 3 nitrogen and oxygen atoms in total. The van der Waals surface area contributed by atoms with Crippen molar-refractivity contribution in [2.75, 3.05) is 0 Å². The van der Waals surface area contributed by atoms with Crippen LogP contribution in [-0.2, 0) is 9.53 Å². The van der Waals surface area contributed by atoms with Gasteiger partial charge in [-0.15, -0.1) is 0 Å². The van der Waals surface area contributed by atoms with Crippen molar-refractivity contribution < 1.29 is 14.6 Å². The number of hydrogen-bond acceptors (Lipinski definition) is 3. The molecule has 0 aromatic rings. The smallest absolute Gasteiger partial charge is 0.308 e. The molecule has 0 aromatic heterocycles. The Hall–Kier alpha value is 0.160. The molecule has 0 spiro atoms. The van der Waals surface area contributed by atoms with Gasteiger partial charge in [0.05, 0.1) is 10.3 Å². The van der Waals surface area contributed by atoms with Crippen LogP contribution in [0.25, 0.3) is 0 Å². The Morgan fingerprint density at radius 3 is 2.73 bits per heavy atom. The molecule has 1 rings (SSSR count). The number of aliphatic hydroxyl groups is 1. The first-order valence-electron chi connectivity index (χ1n) is 3.45. The van der Waals surface area contributed by atoms with Crippen LogP contribution in [0.4, 0.5) is 0 Å². The van der Waals surface area contributed by atoms with Crippen molar-refractivity contribution in [1.29, 1.82) is 0 Å². The Bertz CT molecular complexity index is 179. The first-order valence-corrected chi connectivity index (χ1v) is 4.70. The predicted octanol–water partition coefficient (Wildman–Crippen LogP) is 1.08. The van der Waals surface area contributed by atoms with Crippen LogP contribution in [0.3, 0.4) is 0 Å². The highest BCUT2D eigenvalue weighted by molar-refractivity contribution is 14.1. The van der Waals surface area contributed by atoms with E-state index in [1.54, 1.807) is 0 Å². The van der Waals surface area contributed by atoms with Crippen LogP contribution in [0.5, 0.6) is 0 Å². The van der Waals surface area contributed by atoms with Gasteiger partial charge in [0.25, 0.3) is 0 Å². The number of hydrogen-bond donors (Lipinski definition) is 1. The largest absolute Gasteiger partial charge is 0.435 e. The maximum atomic E-state index is 10.8. The highest BCUT2D eigenvalue weighted by Crippen LogP contribution is 2.37. The number of carbonyl (C=O) groups excluding carboxylic acids is 1. The number of alkyl halides is 1. The lowest BCUT2D eigenvalue weighted by atomic mass is 9.84. The molecule has 64 valence electrons. The zero-order valence-electron chi connectivity index (χ0n) is 6.50. The second-order valence-corrected chi connectivity index (χ2v) is 4.79. The van der Waals surface area contributed by atoms with E-state index in [0.29, 0.717) is 6.42 Å². The minimum absolute atomic E-state index is 0.0159. The predicted molar refractivity (Wildman–Crippen MR) is 48.3 cm³/mol. The molecule has 1 fully saturated rings. The lowest BCUT2D eigenvalue weighted by Gasteiger charge is -2.36. The topological polar surface area (TPSA) is 46.5 Å². The van der Waals surface area contributed by atoms with E-state index in [2.05, 4.69) is 27.3 Å². The second-order valence-electron chi connectivity index (χ2n) is 3.45. The summed E-state index contributed by atoms with van der Waals surface area (Å²) in [6, 6.07) is 0. The van der Waals surface area contributed by atoms with E-state index in [1.165, 1.54) is 0 Å². The van der Waals surface area contributed by atoms with Crippen LogP contribution in [0.15, 0.2) is 0 Å². The number of halogens is 1. The molecule has 1 N–H and O–H groups in total. The SMILES string of the molecule is CC1(C)CC(=O)OC(O)C1I. The van der Waals surface area contributed by atoms with Gasteiger partial charge in [-0.2, -0.15) is 0 Å². The molecule has 0 saturated carbocycles. The number of carbonyl (C=O) groups is 1. The summed E-state index contributed by atoms with van der Waals surface area (Å²) in [5.41, 5.74) is -0.157. The van der Waals surface area contributed by atoms with Gasteiger partial charge in [0.2, 0.25) is 6.29 Å².